The molecule has 8 N–H and O–H groups in total. The van der Waals surface area contributed by atoms with Crippen LogP contribution in [-0.2, 0) is 78.4 Å². The van der Waals surface area contributed by atoms with Crippen molar-refractivity contribution in [3.05, 3.63) is 0 Å². The van der Waals surface area contributed by atoms with E-state index in [2.05, 4.69) is 0 Å². The van der Waals surface area contributed by atoms with Gasteiger partial charge in [-0.15, -0.1) is 0 Å². The zero-order valence-electron chi connectivity index (χ0n) is 4.70. The molecule has 0 rings (SSSR count). The summed E-state index contributed by atoms with van der Waals surface area (Å²) in [5, 5.41) is 0. The van der Waals surface area contributed by atoms with Gasteiger partial charge in [0.1, 0.15) is 0 Å². The van der Waals surface area contributed by atoms with Crippen LogP contribution in [0.25, 0.3) is 0 Å². The van der Waals surface area contributed by atoms with Gasteiger partial charge in [-0.25, -0.2) is 0 Å². The SMILES string of the molecule is O.O.O.O.[Hg][CH]([Hg])[Hg]. The van der Waals surface area contributed by atoms with E-state index < -0.39 is 0 Å². The maximum atomic E-state index is 1.42. The van der Waals surface area contributed by atoms with Gasteiger partial charge in [0.25, 0.3) is 0 Å². The predicted octanol–water partition coefficient (Wildman–Crippen LogP) is -2.97. The molecule has 0 aromatic heterocycles. The standard InChI is InChI=1S/CH.3Hg.4H2O/h1H;;;;4*1H2. The number of rotatable bonds is 0. The molecular weight excluding hydrogens is 678 g/mol. The summed E-state index contributed by atoms with van der Waals surface area (Å²) in [5.41, 5.74) is 0. The van der Waals surface area contributed by atoms with Gasteiger partial charge in [-0.05, 0) is 0 Å². The Balaban J connectivity index is -0.00000000750. The van der Waals surface area contributed by atoms with Gasteiger partial charge in [0.05, 0.1) is 0 Å². The second kappa shape index (κ2) is 22.6. The van der Waals surface area contributed by atoms with E-state index in [1.807, 2.05) is 0 Å². The van der Waals surface area contributed by atoms with E-state index in [9.17, 15) is 0 Å². The summed E-state index contributed by atoms with van der Waals surface area (Å²) in [6.45, 7) is 0. The van der Waals surface area contributed by atoms with Gasteiger partial charge in [0, 0.05) is 0 Å². The van der Waals surface area contributed by atoms with Crippen molar-refractivity contribution in [2.75, 3.05) is 0 Å². The molecule has 43 valence electrons. The molecule has 0 bridgehead atoms. The minimum absolute atomic E-state index is 0. The topological polar surface area (TPSA) is 126 Å². The van der Waals surface area contributed by atoms with Gasteiger partial charge in [-0.2, -0.15) is 0 Å². The van der Waals surface area contributed by atoms with E-state index >= 15 is 0 Å². The van der Waals surface area contributed by atoms with Crippen LogP contribution in [0.4, 0.5) is 0 Å². The molecule has 0 aromatic rings. The Kier molecular flexibility index (Phi) is 87.9. The molecule has 0 aromatic carbocycles. The van der Waals surface area contributed by atoms with Crippen LogP contribution in [0.5, 0.6) is 0 Å². The van der Waals surface area contributed by atoms with Gasteiger partial charge in [-0.3, -0.25) is 0 Å². The quantitative estimate of drug-likeness (QED) is 0.242. The Labute approximate surface area is 96.9 Å². The predicted molar refractivity (Wildman–Crippen MR) is 18.2 cm³/mol. The summed E-state index contributed by atoms with van der Waals surface area (Å²) in [6.07, 6.45) is 0. The molecule has 4 nitrogen and oxygen atoms in total. The van der Waals surface area contributed by atoms with Gasteiger partial charge in [0.15, 0.2) is 0 Å². The van der Waals surface area contributed by atoms with E-state index in [0.29, 0.717) is 0 Å². The van der Waals surface area contributed by atoms with Gasteiger partial charge in [0.2, 0.25) is 0 Å². The van der Waals surface area contributed by atoms with Crippen LogP contribution in [0.2, 0.25) is -1.56 Å². The Hall–Kier alpha value is 2.65. The van der Waals surface area contributed by atoms with E-state index in [1.165, 1.54) is 76.8 Å². The first kappa shape index (κ1) is 31.1. The summed E-state index contributed by atoms with van der Waals surface area (Å²) < 4.78 is 1.42. The molecule has 0 saturated heterocycles. The zero-order valence-corrected chi connectivity index (χ0v) is 21.2. The molecule has 0 saturated carbocycles. The van der Waals surface area contributed by atoms with Crippen LogP contribution in [0.15, 0.2) is 0 Å². The Morgan fingerprint density at radius 2 is 0.625 bits per heavy atom. The maximum absolute atomic E-state index is 1.42. The van der Waals surface area contributed by atoms with Crippen LogP contribution in [-0.4, -0.2) is 21.9 Å². The van der Waals surface area contributed by atoms with E-state index in [1.54, 1.807) is 0 Å². The number of hydrogen-bond acceptors (Lipinski definition) is 0. The monoisotopic (exact) mass is 691 g/mol. The fourth-order valence-electron chi connectivity index (χ4n) is 0. The van der Waals surface area contributed by atoms with Crippen molar-refractivity contribution in [2.24, 2.45) is 0 Å². The molecule has 0 aliphatic carbocycles. The third kappa shape index (κ3) is 72.2. The summed E-state index contributed by atoms with van der Waals surface area (Å²) in [7, 11) is 0. The molecule has 0 heterocycles. The fraction of sp³-hybridized carbons (Fsp3) is 1.00. The van der Waals surface area contributed by atoms with Crippen LogP contribution in [0, 0.1) is 0 Å². The summed E-state index contributed by atoms with van der Waals surface area (Å²) in [6, 6.07) is 0. The minimum atomic E-state index is 0. The zero-order chi connectivity index (χ0) is 3.58. The molecule has 8 heavy (non-hydrogen) atoms. The Morgan fingerprint density at radius 1 is 0.625 bits per heavy atom. The summed E-state index contributed by atoms with van der Waals surface area (Å²) in [5.74, 6) is 0. The molecule has 7 heteroatoms. The molecule has 0 fully saturated rings. The molecule has 0 aliphatic rings. The molecule has 0 radical (unpaired) electrons. The van der Waals surface area contributed by atoms with Crippen molar-refractivity contribution in [3.63, 3.8) is 0 Å². The van der Waals surface area contributed by atoms with Crippen LogP contribution in [0.1, 0.15) is 0 Å². The van der Waals surface area contributed by atoms with Crippen molar-refractivity contribution in [3.8, 4) is 0 Å². The van der Waals surface area contributed by atoms with Crippen molar-refractivity contribution in [1.29, 1.82) is 0 Å². The van der Waals surface area contributed by atoms with E-state index in [-0.39, 0.29) is 21.9 Å². The van der Waals surface area contributed by atoms with Crippen LogP contribution < -0.4 is 0 Å². The molecule has 0 spiro atoms. The molecular formula is CH9Hg3O4. The third-order valence-electron chi connectivity index (χ3n) is 0. The molecule has 0 aliphatic heterocycles. The summed E-state index contributed by atoms with van der Waals surface area (Å²) in [4.78, 5) is 0. The first-order chi connectivity index (χ1) is 1.73. The third-order valence-corrected chi connectivity index (χ3v) is 0. The second-order valence-electron chi connectivity index (χ2n) is 0.866. The van der Waals surface area contributed by atoms with E-state index in [0.717, 1.165) is 0 Å². The average Bonchev–Trinajstić information content (AvgIpc) is 0.811. The molecule has 0 unspecified atom stereocenters. The fourth-order valence-corrected chi connectivity index (χ4v) is 0. The summed E-state index contributed by atoms with van der Waals surface area (Å²) >= 11 is 3.58. The second-order valence-corrected chi connectivity index (χ2v) is 66.7. The molecule has 0 atom stereocenters. The number of hydrogen-bond donors (Lipinski definition) is 0. The van der Waals surface area contributed by atoms with Gasteiger partial charge in [-0.1, -0.05) is 0 Å². The first-order valence-corrected chi connectivity index (χ1v) is 10.7. The Morgan fingerprint density at radius 3 is 0.625 bits per heavy atom. The first-order valence-electron chi connectivity index (χ1n) is 1.22. The average molecular weight is 687 g/mol. The normalized spacial score (nSPS) is 4.88. The van der Waals surface area contributed by atoms with Gasteiger partial charge >= 0.3 is 76.8 Å². The Bertz CT molecular complexity index is 16.0. The van der Waals surface area contributed by atoms with Crippen LogP contribution >= 0.6 is 0 Å². The van der Waals surface area contributed by atoms with Crippen LogP contribution in [0.3, 0.4) is 0 Å². The van der Waals surface area contributed by atoms with E-state index in [4.69, 9.17) is 0 Å². The van der Waals surface area contributed by atoms with Gasteiger partial charge < -0.3 is 21.9 Å². The van der Waals surface area contributed by atoms with Crippen molar-refractivity contribution >= 4 is 0 Å². The van der Waals surface area contributed by atoms with Crippen molar-refractivity contribution in [2.45, 2.75) is -1.56 Å². The molecule has 0 amide bonds. The van der Waals surface area contributed by atoms with Crippen molar-refractivity contribution in [1.82, 2.24) is 0 Å². The van der Waals surface area contributed by atoms with Crippen molar-refractivity contribution < 1.29 is 100 Å².